The van der Waals surface area contributed by atoms with Gasteiger partial charge in [0.05, 0.1) is 5.54 Å². The predicted octanol–water partition coefficient (Wildman–Crippen LogP) is 3.52. The molecule has 4 fully saturated rings. The van der Waals surface area contributed by atoms with E-state index in [1.807, 2.05) is 6.92 Å². The predicted molar refractivity (Wildman–Crippen MR) is 67.8 cm³/mol. The van der Waals surface area contributed by atoms with Crippen LogP contribution in [0.4, 0.5) is 0 Å². The van der Waals surface area contributed by atoms with Crippen molar-refractivity contribution in [2.75, 3.05) is 0 Å². The fourth-order valence-corrected chi connectivity index (χ4v) is 5.50. The molecule has 4 saturated carbocycles. The Morgan fingerprint density at radius 3 is 2.24 bits per heavy atom. The zero-order valence-corrected chi connectivity index (χ0v) is 11.1. The van der Waals surface area contributed by atoms with Crippen LogP contribution >= 0.6 is 11.3 Å². The van der Waals surface area contributed by atoms with Crippen LogP contribution in [0, 0.1) is 24.7 Å². The van der Waals surface area contributed by atoms with Gasteiger partial charge < -0.3 is 4.42 Å². The molecule has 0 amide bonds. The average molecular weight is 249 g/mol. The van der Waals surface area contributed by atoms with E-state index in [1.54, 1.807) is 11.3 Å². The Bertz CT molecular complexity index is 463. The summed E-state index contributed by atoms with van der Waals surface area (Å²) in [7, 11) is 0. The molecule has 1 aromatic rings. The van der Waals surface area contributed by atoms with Gasteiger partial charge in [-0.05, 0) is 63.2 Å². The van der Waals surface area contributed by atoms with Crippen molar-refractivity contribution in [3.05, 3.63) is 16.0 Å². The van der Waals surface area contributed by atoms with Gasteiger partial charge in [0.1, 0.15) is 5.76 Å². The molecule has 4 bridgehead atoms. The lowest BCUT2D eigenvalue weighted by molar-refractivity contribution is -0.00118. The van der Waals surface area contributed by atoms with Crippen molar-refractivity contribution in [2.45, 2.75) is 51.0 Å². The van der Waals surface area contributed by atoms with E-state index < -0.39 is 0 Å². The van der Waals surface area contributed by atoms with Crippen LogP contribution in [0.15, 0.2) is 14.8 Å². The second-order valence-electron chi connectivity index (χ2n) is 6.47. The van der Waals surface area contributed by atoms with Crippen LogP contribution in [0.5, 0.6) is 0 Å². The highest BCUT2D eigenvalue weighted by molar-refractivity contribution is 7.06. The summed E-state index contributed by atoms with van der Waals surface area (Å²) < 4.78 is 5.67. The Labute approximate surface area is 106 Å². The fraction of sp³-hybridized carbons (Fsp3) is 0.786. The van der Waals surface area contributed by atoms with Gasteiger partial charge in [-0.2, -0.15) is 0 Å². The third kappa shape index (κ3) is 1.70. The maximum atomic E-state index is 5.67. The highest BCUT2D eigenvalue weighted by Gasteiger charge is 2.51. The van der Waals surface area contributed by atoms with Gasteiger partial charge in [0, 0.05) is 5.38 Å². The molecule has 0 saturated heterocycles. The second-order valence-corrected chi connectivity index (χ2v) is 7.29. The van der Waals surface area contributed by atoms with Gasteiger partial charge >= 0.3 is 0 Å². The summed E-state index contributed by atoms with van der Waals surface area (Å²) >= 11 is 1.67. The Hall–Kier alpha value is -0.570. The van der Waals surface area contributed by atoms with Gasteiger partial charge in [-0.1, -0.05) is 11.3 Å². The molecule has 3 heteroatoms. The van der Waals surface area contributed by atoms with E-state index in [0.717, 1.165) is 28.4 Å². The molecule has 0 aliphatic heterocycles. The molecule has 92 valence electrons. The fourth-order valence-electron chi connectivity index (χ4n) is 4.76. The topological polar surface area (TPSA) is 25.5 Å². The van der Waals surface area contributed by atoms with E-state index in [9.17, 15) is 0 Å². The third-order valence-corrected chi connectivity index (χ3v) is 5.73. The maximum Gasteiger partial charge on any atom is 0.274 e. The van der Waals surface area contributed by atoms with Crippen LogP contribution in [-0.4, -0.2) is 5.54 Å². The lowest BCUT2D eigenvalue weighted by Crippen LogP contribution is -2.50. The molecule has 0 spiro atoms. The molecule has 2 nitrogen and oxygen atoms in total. The van der Waals surface area contributed by atoms with Crippen LogP contribution in [-0.2, 0) is 0 Å². The van der Waals surface area contributed by atoms with Crippen LogP contribution in [0.25, 0.3) is 0 Å². The van der Waals surface area contributed by atoms with E-state index in [2.05, 4.69) is 5.38 Å². The first kappa shape index (κ1) is 10.4. The van der Waals surface area contributed by atoms with Crippen molar-refractivity contribution in [3.8, 4) is 0 Å². The molecule has 1 aromatic heterocycles. The standard InChI is InChI=1S/C14H19NOS/c1-9-8-17-13(16-9)15-14-5-10-2-11(6-14)4-12(3-10)7-14/h8,10-12H,2-7H2,1H3. The first-order valence-electron chi connectivity index (χ1n) is 6.82. The summed E-state index contributed by atoms with van der Waals surface area (Å²) in [5.41, 5.74) is 0.259. The van der Waals surface area contributed by atoms with E-state index in [0.29, 0.717) is 0 Å². The lowest BCUT2D eigenvalue weighted by Gasteiger charge is -2.54. The van der Waals surface area contributed by atoms with Gasteiger partial charge in [-0.3, -0.25) is 0 Å². The van der Waals surface area contributed by atoms with Crippen molar-refractivity contribution in [3.63, 3.8) is 0 Å². The average Bonchev–Trinajstić information content (AvgIpc) is 2.60. The first-order valence-corrected chi connectivity index (χ1v) is 7.70. The SMILES string of the molecule is Cc1csc(=NC23CC4CC(CC(C4)C2)C3)o1. The van der Waals surface area contributed by atoms with Gasteiger partial charge in [0.25, 0.3) is 4.87 Å². The minimum absolute atomic E-state index is 0.259. The van der Waals surface area contributed by atoms with Gasteiger partial charge in [-0.25, -0.2) is 4.99 Å². The molecule has 1 heterocycles. The molecule has 0 N–H and O–H groups in total. The molecule has 0 aromatic carbocycles. The summed E-state index contributed by atoms with van der Waals surface area (Å²) in [5, 5.41) is 2.07. The highest BCUT2D eigenvalue weighted by Crippen LogP contribution is 2.57. The quantitative estimate of drug-likeness (QED) is 0.747. The molecule has 0 unspecified atom stereocenters. The minimum atomic E-state index is 0.259. The Morgan fingerprint density at radius 2 is 1.76 bits per heavy atom. The Kier molecular flexibility index (Phi) is 2.11. The van der Waals surface area contributed by atoms with Gasteiger partial charge in [-0.15, -0.1) is 0 Å². The van der Waals surface area contributed by atoms with Gasteiger partial charge in [0.15, 0.2) is 0 Å². The normalized spacial score (nSPS) is 44.5. The monoisotopic (exact) mass is 249 g/mol. The summed E-state index contributed by atoms with van der Waals surface area (Å²) in [5.74, 6) is 3.89. The summed E-state index contributed by atoms with van der Waals surface area (Å²) in [6.45, 7) is 2.01. The van der Waals surface area contributed by atoms with Crippen molar-refractivity contribution in [1.29, 1.82) is 0 Å². The Balaban J connectivity index is 1.73. The van der Waals surface area contributed by atoms with Crippen molar-refractivity contribution < 1.29 is 4.42 Å². The summed E-state index contributed by atoms with van der Waals surface area (Å²) in [6, 6.07) is 0. The molecule has 4 aliphatic rings. The van der Waals surface area contributed by atoms with Crippen LogP contribution in [0.1, 0.15) is 44.3 Å². The van der Waals surface area contributed by atoms with E-state index in [1.165, 1.54) is 38.5 Å². The minimum Gasteiger partial charge on any atom is -0.435 e. The summed E-state index contributed by atoms with van der Waals surface area (Å²) in [6.07, 6.45) is 8.42. The third-order valence-electron chi connectivity index (χ3n) is 4.91. The molecule has 0 radical (unpaired) electrons. The summed E-state index contributed by atoms with van der Waals surface area (Å²) in [4.78, 5) is 5.93. The van der Waals surface area contributed by atoms with Crippen molar-refractivity contribution in [2.24, 2.45) is 22.7 Å². The molecule has 4 aliphatic carbocycles. The lowest BCUT2D eigenvalue weighted by atomic mass is 9.53. The molecule has 17 heavy (non-hydrogen) atoms. The van der Waals surface area contributed by atoms with E-state index in [-0.39, 0.29) is 5.54 Å². The second kappa shape index (κ2) is 3.47. The van der Waals surface area contributed by atoms with Crippen molar-refractivity contribution in [1.82, 2.24) is 0 Å². The largest absolute Gasteiger partial charge is 0.435 e. The number of rotatable bonds is 1. The van der Waals surface area contributed by atoms with Crippen LogP contribution < -0.4 is 4.87 Å². The molecule has 0 atom stereocenters. The highest BCUT2D eigenvalue weighted by atomic mass is 32.1. The van der Waals surface area contributed by atoms with E-state index in [4.69, 9.17) is 9.41 Å². The van der Waals surface area contributed by atoms with Crippen LogP contribution in [0.3, 0.4) is 0 Å². The molecular formula is C14H19NOS. The maximum absolute atomic E-state index is 5.67. The Morgan fingerprint density at radius 1 is 1.18 bits per heavy atom. The number of hydrogen-bond acceptors (Lipinski definition) is 3. The van der Waals surface area contributed by atoms with Crippen LogP contribution in [0.2, 0.25) is 0 Å². The van der Waals surface area contributed by atoms with E-state index >= 15 is 0 Å². The number of aryl methyl sites for hydroxylation is 1. The molecular weight excluding hydrogens is 230 g/mol. The smallest absolute Gasteiger partial charge is 0.274 e. The zero-order chi connectivity index (χ0) is 11.5. The van der Waals surface area contributed by atoms with Gasteiger partial charge in [0.2, 0.25) is 0 Å². The number of hydrogen-bond donors (Lipinski definition) is 0. The first-order chi connectivity index (χ1) is 8.21. The molecule has 5 rings (SSSR count). The zero-order valence-electron chi connectivity index (χ0n) is 10.3. The van der Waals surface area contributed by atoms with Crippen molar-refractivity contribution >= 4 is 11.3 Å². The number of nitrogens with zero attached hydrogens (tertiary/aromatic N) is 1.